The Bertz CT molecular complexity index is 917. The lowest BCUT2D eigenvalue weighted by atomic mass is 9.87. The number of carbonyl (C=O) groups is 1. The molecule has 3 aromatic rings. The number of primary amides is 1. The highest BCUT2D eigenvalue weighted by Gasteiger charge is 2.22. The third-order valence-electron chi connectivity index (χ3n) is 4.49. The highest BCUT2D eigenvalue weighted by atomic mass is 16.1. The number of nitrogen functional groups attached to an aromatic ring is 1. The number of hydrogen-bond acceptors (Lipinski definition) is 2. The Labute approximate surface area is 147 Å². The predicted octanol–water partition coefficient (Wildman–Crippen LogP) is 2.34. The molecule has 1 heterocycles. The Hall–Kier alpha value is -2.82. The molecule has 0 saturated heterocycles. The van der Waals surface area contributed by atoms with Crippen LogP contribution in [0.15, 0.2) is 48.5 Å². The van der Waals surface area contributed by atoms with Crippen molar-refractivity contribution in [1.82, 2.24) is 4.57 Å². The first kappa shape index (κ1) is 17.0. The number of aromatic nitrogens is 2. The minimum absolute atomic E-state index is 0.0717. The molecule has 130 valence electrons. The fraction of sp³-hybridized carbons (Fsp3) is 0.300. The third kappa shape index (κ3) is 3.36. The average molecular weight is 337 g/mol. The zero-order valence-electron chi connectivity index (χ0n) is 15.0. The number of carbonyl (C=O) groups excluding carboxylic acids is 1. The predicted molar refractivity (Wildman–Crippen MR) is 100.0 cm³/mol. The number of hydrogen-bond donors (Lipinski definition) is 2. The normalized spacial score (nSPS) is 11.8. The summed E-state index contributed by atoms with van der Waals surface area (Å²) in [6, 6.07) is 16.4. The van der Waals surface area contributed by atoms with Crippen LogP contribution in [0.1, 0.15) is 31.9 Å². The molecule has 1 amide bonds. The lowest BCUT2D eigenvalue weighted by Crippen LogP contribution is -2.37. The number of nitrogens with two attached hydrogens (primary N) is 2. The second-order valence-corrected chi connectivity index (χ2v) is 7.43. The van der Waals surface area contributed by atoms with Crippen LogP contribution in [0.25, 0.3) is 11.0 Å². The highest BCUT2D eigenvalue weighted by molar-refractivity contribution is 5.79. The maximum absolute atomic E-state index is 11.4. The molecule has 4 N–H and O–H groups in total. The first-order chi connectivity index (χ1) is 11.8. The van der Waals surface area contributed by atoms with Crippen LogP contribution in [0.5, 0.6) is 0 Å². The van der Waals surface area contributed by atoms with Gasteiger partial charge in [0.05, 0.1) is 6.54 Å². The summed E-state index contributed by atoms with van der Waals surface area (Å²) in [6.45, 7) is 7.31. The van der Waals surface area contributed by atoms with E-state index < -0.39 is 5.91 Å². The lowest BCUT2D eigenvalue weighted by molar-refractivity contribution is -0.648. The summed E-state index contributed by atoms with van der Waals surface area (Å²) in [7, 11) is 0. The summed E-state index contributed by atoms with van der Waals surface area (Å²) in [6.07, 6.45) is 0. The number of imidazole rings is 1. The van der Waals surface area contributed by atoms with Gasteiger partial charge in [-0.25, -0.2) is 9.13 Å². The van der Waals surface area contributed by atoms with Crippen LogP contribution in [0.2, 0.25) is 0 Å². The molecule has 0 aliphatic carbocycles. The van der Waals surface area contributed by atoms with Crippen molar-refractivity contribution in [3.8, 4) is 0 Å². The molecule has 0 spiro atoms. The first-order valence-corrected chi connectivity index (χ1v) is 8.41. The Morgan fingerprint density at radius 3 is 2.32 bits per heavy atom. The maximum atomic E-state index is 11.4. The number of amides is 1. The van der Waals surface area contributed by atoms with E-state index in [0.717, 1.165) is 16.6 Å². The second-order valence-electron chi connectivity index (χ2n) is 7.43. The van der Waals surface area contributed by atoms with Crippen molar-refractivity contribution in [2.24, 2.45) is 5.73 Å². The van der Waals surface area contributed by atoms with Gasteiger partial charge >= 0.3 is 5.95 Å². The lowest BCUT2D eigenvalue weighted by Gasteiger charge is -2.19. The van der Waals surface area contributed by atoms with Gasteiger partial charge in [0.1, 0.15) is 11.0 Å². The van der Waals surface area contributed by atoms with Gasteiger partial charge in [-0.05, 0) is 28.7 Å². The molecule has 1 aromatic heterocycles. The molecule has 0 saturated carbocycles. The Balaban J connectivity index is 2.01. The Kier molecular flexibility index (Phi) is 4.25. The number of rotatable bonds is 4. The summed E-state index contributed by atoms with van der Waals surface area (Å²) in [4.78, 5) is 11.4. The molecule has 5 nitrogen and oxygen atoms in total. The molecule has 25 heavy (non-hydrogen) atoms. The molecule has 5 heteroatoms. The van der Waals surface area contributed by atoms with Gasteiger partial charge in [-0.1, -0.05) is 57.2 Å². The fourth-order valence-corrected chi connectivity index (χ4v) is 3.09. The van der Waals surface area contributed by atoms with Gasteiger partial charge in [0.25, 0.3) is 5.91 Å². The molecule has 0 radical (unpaired) electrons. The van der Waals surface area contributed by atoms with Gasteiger partial charge in [0.15, 0.2) is 6.54 Å². The molecular formula is C20H25N4O+. The largest absolute Gasteiger partial charge is 0.367 e. The minimum Gasteiger partial charge on any atom is -0.367 e. The van der Waals surface area contributed by atoms with E-state index >= 15 is 0 Å². The SMILES string of the molecule is CC(C)(C)c1ccc(C[n+]2c(N)n(CC(N)=O)c3ccccc32)cc1. The summed E-state index contributed by atoms with van der Waals surface area (Å²) in [5.41, 5.74) is 16.2. The van der Waals surface area contributed by atoms with E-state index in [1.165, 1.54) is 5.56 Å². The average Bonchev–Trinajstić information content (AvgIpc) is 2.80. The van der Waals surface area contributed by atoms with Crippen molar-refractivity contribution in [2.45, 2.75) is 39.3 Å². The van der Waals surface area contributed by atoms with Crippen LogP contribution in [0.4, 0.5) is 5.95 Å². The van der Waals surface area contributed by atoms with Crippen LogP contribution in [-0.4, -0.2) is 10.5 Å². The van der Waals surface area contributed by atoms with E-state index in [-0.39, 0.29) is 12.0 Å². The van der Waals surface area contributed by atoms with Gasteiger partial charge in [-0.3, -0.25) is 10.5 Å². The van der Waals surface area contributed by atoms with Gasteiger partial charge in [-0.15, -0.1) is 0 Å². The zero-order valence-corrected chi connectivity index (χ0v) is 15.0. The topological polar surface area (TPSA) is 77.9 Å². The molecular weight excluding hydrogens is 312 g/mol. The van der Waals surface area contributed by atoms with E-state index in [1.54, 1.807) is 4.57 Å². The number of benzene rings is 2. The molecule has 0 atom stereocenters. The zero-order chi connectivity index (χ0) is 18.2. The molecule has 0 bridgehead atoms. The number of para-hydroxylation sites is 2. The van der Waals surface area contributed by atoms with Crippen LogP contribution in [-0.2, 0) is 23.3 Å². The van der Waals surface area contributed by atoms with Gasteiger partial charge in [0.2, 0.25) is 0 Å². The third-order valence-corrected chi connectivity index (χ3v) is 4.49. The molecule has 2 aromatic carbocycles. The van der Waals surface area contributed by atoms with Crippen LogP contribution < -0.4 is 16.0 Å². The summed E-state index contributed by atoms with van der Waals surface area (Å²) < 4.78 is 3.78. The quantitative estimate of drug-likeness (QED) is 0.717. The van der Waals surface area contributed by atoms with E-state index in [1.807, 2.05) is 28.8 Å². The van der Waals surface area contributed by atoms with Gasteiger partial charge in [0, 0.05) is 0 Å². The van der Waals surface area contributed by atoms with Crippen molar-refractivity contribution in [2.75, 3.05) is 5.73 Å². The van der Waals surface area contributed by atoms with Crippen molar-refractivity contribution in [3.05, 3.63) is 59.7 Å². The number of anilines is 1. The van der Waals surface area contributed by atoms with Crippen LogP contribution >= 0.6 is 0 Å². The fourth-order valence-electron chi connectivity index (χ4n) is 3.09. The minimum atomic E-state index is -0.408. The van der Waals surface area contributed by atoms with Crippen molar-refractivity contribution in [1.29, 1.82) is 0 Å². The molecule has 3 rings (SSSR count). The molecule has 0 unspecified atom stereocenters. The van der Waals surface area contributed by atoms with E-state index in [9.17, 15) is 4.79 Å². The smallest absolute Gasteiger partial charge is 0.356 e. The van der Waals surface area contributed by atoms with Crippen molar-refractivity contribution >= 4 is 22.9 Å². The number of fused-ring (bicyclic) bond motifs is 1. The standard InChI is InChI=1S/C20H24N4O/c1-20(2,3)15-10-8-14(9-11-15)12-23-16-6-4-5-7-17(16)24(19(23)22)13-18(21)25/h4-11,22H,12-13H2,1-3H3,(H2,21,25)/p+1. The van der Waals surface area contributed by atoms with Crippen LogP contribution in [0.3, 0.4) is 0 Å². The first-order valence-electron chi connectivity index (χ1n) is 8.41. The van der Waals surface area contributed by atoms with E-state index in [0.29, 0.717) is 12.5 Å². The van der Waals surface area contributed by atoms with Crippen LogP contribution in [0, 0.1) is 0 Å². The summed E-state index contributed by atoms with van der Waals surface area (Å²) >= 11 is 0. The Morgan fingerprint density at radius 2 is 1.72 bits per heavy atom. The maximum Gasteiger partial charge on any atom is 0.356 e. The number of nitrogens with zero attached hydrogens (tertiary/aromatic N) is 2. The van der Waals surface area contributed by atoms with Crippen molar-refractivity contribution in [3.63, 3.8) is 0 Å². The second kappa shape index (κ2) is 6.24. The van der Waals surface area contributed by atoms with Crippen molar-refractivity contribution < 1.29 is 9.36 Å². The van der Waals surface area contributed by atoms with Gasteiger partial charge in [-0.2, -0.15) is 0 Å². The molecule has 0 aliphatic rings. The molecule has 0 aliphatic heterocycles. The Morgan fingerprint density at radius 1 is 1.08 bits per heavy atom. The monoisotopic (exact) mass is 337 g/mol. The summed E-state index contributed by atoms with van der Waals surface area (Å²) in [5, 5.41) is 0. The molecule has 0 fully saturated rings. The van der Waals surface area contributed by atoms with E-state index in [4.69, 9.17) is 11.5 Å². The highest BCUT2D eigenvalue weighted by Crippen LogP contribution is 2.22. The van der Waals surface area contributed by atoms with Gasteiger partial charge < -0.3 is 5.73 Å². The summed E-state index contributed by atoms with van der Waals surface area (Å²) in [5.74, 6) is 0.119. The van der Waals surface area contributed by atoms with E-state index in [2.05, 4.69) is 45.0 Å².